The number of hydrogen-bond donors (Lipinski definition) is 2. The molecule has 2 N–H and O–H groups in total. The van der Waals surface area contributed by atoms with Gasteiger partial charge < -0.3 is 15.2 Å². The molecule has 2 rings (SSSR count). The van der Waals surface area contributed by atoms with Crippen LogP contribution in [0.5, 0.6) is 0 Å². The predicted molar refractivity (Wildman–Crippen MR) is 62.5 cm³/mol. The van der Waals surface area contributed by atoms with Gasteiger partial charge in [-0.3, -0.25) is 4.79 Å². The molecule has 0 saturated carbocycles. The Morgan fingerprint density at radius 1 is 1.44 bits per heavy atom. The molecule has 0 spiro atoms. The van der Waals surface area contributed by atoms with Gasteiger partial charge in [-0.15, -0.1) is 0 Å². The molecule has 0 bridgehead atoms. The predicted octanol–water partition coefficient (Wildman–Crippen LogP) is -0.480. The van der Waals surface area contributed by atoms with Crippen molar-refractivity contribution in [3.63, 3.8) is 0 Å². The second-order valence-electron chi connectivity index (χ2n) is 4.42. The summed E-state index contributed by atoms with van der Waals surface area (Å²) in [4.78, 5) is 21.2. The van der Waals surface area contributed by atoms with E-state index in [1.165, 1.54) is 0 Å². The zero-order chi connectivity index (χ0) is 11.5. The first kappa shape index (κ1) is 11.3. The molecule has 0 aromatic carbocycles. The van der Waals surface area contributed by atoms with Gasteiger partial charge in [0.25, 0.3) is 5.56 Å². The fraction of sp³-hybridized carbons (Fsp3) is 0.636. The average Bonchev–Trinajstić information content (AvgIpc) is 2.26. The van der Waals surface area contributed by atoms with Gasteiger partial charge in [-0.25, -0.2) is 4.98 Å². The van der Waals surface area contributed by atoms with Crippen LogP contribution in [0.15, 0.2) is 4.79 Å². The summed E-state index contributed by atoms with van der Waals surface area (Å²) in [6, 6.07) is 0. The maximum absolute atomic E-state index is 11.8. The third kappa shape index (κ3) is 2.48. The highest BCUT2D eigenvalue weighted by atomic mass is 16.1. The van der Waals surface area contributed by atoms with E-state index >= 15 is 0 Å². The van der Waals surface area contributed by atoms with Gasteiger partial charge in [0.1, 0.15) is 5.82 Å². The Bertz CT molecular complexity index is 424. The minimum atomic E-state index is 0.0194. The third-order valence-corrected chi connectivity index (χ3v) is 2.79. The highest BCUT2D eigenvalue weighted by Gasteiger charge is 2.14. The van der Waals surface area contributed by atoms with Crippen LogP contribution in [0.1, 0.15) is 17.1 Å². The smallest absolute Gasteiger partial charge is 0.255 e. The van der Waals surface area contributed by atoms with E-state index < -0.39 is 0 Å². The second kappa shape index (κ2) is 4.76. The van der Waals surface area contributed by atoms with Crippen LogP contribution < -0.4 is 10.9 Å². The quantitative estimate of drug-likeness (QED) is 0.725. The molecular formula is C11H18N4O. The van der Waals surface area contributed by atoms with Crippen molar-refractivity contribution in [1.29, 1.82) is 0 Å². The van der Waals surface area contributed by atoms with Crippen molar-refractivity contribution in [2.24, 2.45) is 0 Å². The molecule has 0 radical (unpaired) electrons. The van der Waals surface area contributed by atoms with Crippen LogP contribution in [-0.4, -0.2) is 42.1 Å². The molecule has 1 aromatic heterocycles. The van der Waals surface area contributed by atoms with E-state index in [4.69, 9.17) is 0 Å². The van der Waals surface area contributed by atoms with E-state index in [1.54, 1.807) is 0 Å². The monoisotopic (exact) mass is 222 g/mol. The SMILES string of the molecule is CN(C)CCc1nc2c(c(=O)[nH]1)CNCC2. The van der Waals surface area contributed by atoms with Crippen LogP contribution in [-0.2, 0) is 19.4 Å². The fourth-order valence-corrected chi connectivity index (χ4v) is 1.85. The first-order chi connectivity index (χ1) is 7.66. The summed E-state index contributed by atoms with van der Waals surface area (Å²) in [5.74, 6) is 0.805. The largest absolute Gasteiger partial charge is 0.312 e. The molecule has 1 aliphatic heterocycles. The van der Waals surface area contributed by atoms with E-state index in [0.717, 1.165) is 43.0 Å². The van der Waals surface area contributed by atoms with Crippen molar-refractivity contribution < 1.29 is 0 Å². The molecule has 1 aromatic rings. The highest BCUT2D eigenvalue weighted by molar-refractivity contribution is 5.20. The molecule has 0 aliphatic carbocycles. The van der Waals surface area contributed by atoms with Crippen LogP contribution in [0.4, 0.5) is 0 Å². The first-order valence-electron chi connectivity index (χ1n) is 5.63. The average molecular weight is 222 g/mol. The van der Waals surface area contributed by atoms with Crippen molar-refractivity contribution in [3.8, 4) is 0 Å². The minimum absolute atomic E-state index is 0.0194. The van der Waals surface area contributed by atoms with E-state index in [1.807, 2.05) is 14.1 Å². The topological polar surface area (TPSA) is 61.0 Å². The summed E-state index contributed by atoms with van der Waals surface area (Å²) in [5.41, 5.74) is 1.79. The summed E-state index contributed by atoms with van der Waals surface area (Å²) in [6.07, 6.45) is 1.65. The molecule has 16 heavy (non-hydrogen) atoms. The van der Waals surface area contributed by atoms with Crippen molar-refractivity contribution in [2.45, 2.75) is 19.4 Å². The second-order valence-corrected chi connectivity index (χ2v) is 4.42. The number of aromatic nitrogens is 2. The normalized spacial score (nSPS) is 15.2. The van der Waals surface area contributed by atoms with Crippen molar-refractivity contribution in [3.05, 3.63) is 27.4 Å². The fourth-order valence-electron chi connectivity index (χ4n) is 1.85. The Kier molecular flexibility index (Phi) is 3.36. The van der Waals surface area contributed by atoms with E-state index in [-0.39, 0.29) is 5.56 Å². The van der Waals surface area contributed by atoms with Crippen LogP contribution in [0, 0.1) is 0 Å². The molecule has 2 heterocycles. The van der Waals surface area contributed by atoms with Crippen LogP contribution >= 0.6 is 0 Å². The molecule has 88 valence electrons. The van der Waals surface area contributed by atoms with E-state index in [2.05, 4.69) is 20.2 Å². The third-order valence-electron chi connectivity index (χ3n) is 2.79. The molecular weight excluding hydrogens is 204 g/mol. The molecule has 0 saturated heterocycles. The number of aromatic amines is 1. The van der Waals surface area contributed by atoms with Crippen LogP contribution in [0.2, 0.25) is 0 Å². The van der Waals surface area contributed by atoms with Gasteiger partial charge in [0, 0.05) is 32.5 Å². The zero-order valence-corrected chi connectivity index (χ0v) is 9.84. The van der Waals surface area contributed by atoms with Crippen molar-refractivity contribution in [1.82, 2.24) is 20.2 Å². The Balaban J connectivity index is 2.22. The van der Waals surface area contributed by atoms with Gasteiger partial charge in [0.2, 0.25) is 0 Å². The van der Waals surface area contributed by atoms with Crippen molar-refractivity contribution >= 4 is 0 Å². The van der Waals surface area contributed by atoms with E-state index in [9.17, 15) is 4.79 Å². The van der Waals surface area contributed by atoms with Crippen molar-refractivity contribution in [2.75, 3.05) is 27.2 Å². The molecule has 0 unspecified atom stereocenters. The molecule has 1 aliphatic rings. The van der Waals surface area contributed by atoms with Gasteiger partial charge in [-0.1, -0.05) is 0 Å². The number of nitrogens with one attached hydrogen (secondary N) is 2. The number of rotatable bonds is 3. The number of hydrogen-bond acceptors (Lipinski definition) is 4. The molecule has 0 amide bonds. The summed E-state index contributed by atoms with van der Waals surface area (Å²) in [5, 5.41) is 3.18. The lowest BCUT2D eigenvalue weighted by Crippen LogP contribution is -2.32. The lowest BCUT2D eigenvalue weighted by Gasteiger charge is -2.16. The standard InChI is InChI=1S/C11H18N4O/c1-15(2)6-4-10-13-9-3-5-12-7-8(9)11(16)14-10/h12H,3-7H2,1-2H3,(H,13,14,16). The number of likely N-dealkylation sites (N-methyl/N-ethyl adjacent to an activating group) is 1. The van der Waals surface area contributed by atoms with E-state index in [0.29, 0.717) is 6.54 Å². The maximum Gasteiger partial charge on any atom is 0.255 e. The number of fused-ring (bicyclic) bond motifs is 1. The summed E-state index contributed by atoms with van der Waals surface area (Å²) >= 11 is 0. The summed E-state index contributed by atoms with van der Waals surface area (Å²) < 4.78 is 0. The van der Waals surface area contributed by atoms with Gasteiger partial charge >= 0.3 is 0 Å². The molecule has 0 fully saturated rings. The lowest BCUT2D eigenvalue weighted by molar-refractivity contribution is 0.408. The zero-order valence-electron chi connectivity index (χ0n) is 9.84. The first-order valence-corrected chi connectivity index (χ1v) is 5.63. The van der Waals surface area contributed by atoms with Gasteiger partial charge in [0.15, 0.2) is 0 Å². The van der Waals surface area contributed by atoms with Crippen LogP contribution in [0.3, 0.4) is 0 Å². The Morgan fingerprint density at radius 2 is 2.25 bits per heavy atom. The van der Waals surface area contributed by atoms with Gasteiger partial charge in [-0.2, -0.15) is 0 Å². The van der Waals surface area contributed by atoms with Crippen LogP contribution in [0.25, 0.3) is 0 Å². The van der Waals surface area contributed by atoms with Gasteiger partial charge in [0.05, 0.1) is 11.3 Å². The summed E-state index contributed by atoms with van der Waals surface area (Å²) in [6.45, 7) is 2.46. The number of H-pyrrole nitrogens is 1. The lowest BCUT2D eigenvalue weighted by atomic mass is 10.1. The maximum atomic E-state index is 11.8. The molecule has 5 heteroatoms. The number of nitrogens with zero attached hydrogens (tertiary/aromatic N) is 2. The molecule has 0 atom stereocenters. The minimum Gasteiger partial charge on any atom is -0.312 e. The summed E-state index contributed by atoms with van der Waals surface area (Å²) in [7, 11) is 4.03. The molecule has 5 nitrogen and oxygen atoms in total. The van der Waals surface area contributed by atoms with Gasteiger partial charge in [-0.05, 0) is 14.1 Å². The highest BCUT2D eigenvalue weighted by Crippen LogP contribution is 2.06. The Hall–Kier alpha value is -1.20. The Labute approximate surface area is 94.9 Å². The Morgan fingerprint density at radius 3 is 3.00 bits per heavy atom.